The van der Waals surface area contributed by atoms with Gasteiger partial charge in [0.2, 0.25) is 0 Å². The van der Waals surface area contributed by atoms with Gasteiger partial charge < -0.3 is 5.11 Å². The number of hydrogen-bond donors (Lipinski definition) is 1. The Balaban J connectivity index is 2.28. The van der Waals surface area contributed by atoms with Gasteiger partial charge in [-0.05, 0) is 28.8 Å². The Morgan fingerprint density at radius 2 is 2.33 bits per heavy atom. The van der Waals surface area contributed by atoms with Crippen molar-refractivity contribution in [2.75, 3.05) is 11.5 Å². The summed E-state index contributed by atoms with van der Waals surface area (Å²) in [5, 5.41) is 13.3. The molecule has 0 amide bonds. The van der Waals surface area contributed by atoms with Crippen molar-refractivity contribution >= 4 is 25.8 Å². The van der Waals surface area contributed by atoms with E-state index in [1.54, 1.807) is 0 Å². The van der Waals surface area contributed by atoms with Crippen molar-refractivity contribution in [1.82, 2.24) is 9.78 Å². The lowest BCUT2D eigenvalue weighted by atomic mass is 10.2. The van der Waals surface area contributed by atoms with E-state index in [-0.39, 0.29) is 23.3 Å². The summed E-state index contributed by atoms with van der Waals surface area (Å²) in [5.41, 5.74) is 0. The first-order chi connectivity index (χ1) is 6.99. The fourth-order valence-corrected chi connectivity index (χ4v) is 3.94. The Bertz CT molecular complexity index is 468. The fourth-order valence-electron chi connectivity index (χ4n) is 1.78. The summed E-state index contributed by atoms with van der Waals surface area (Å²) in [4.78, 5) is 0. The molecule has 1 atom stereocenters. The van der Waals surface area contributed by atoms with Gasteiger partial charge in [0.15, 0.2) is 15.6 Å². The molecule has 1 unspecified atom stereocenters. The molecule has 5 nitrogen and oxygen atoms in total. The van der Waals surface area contributed by atoms with E-state index in [4.69, 9.17) is 0 Å². The Morgan fingerprint density at radius 3 is 2.87 bits per heavy atom. The summed E-state index contributed by atoms with van der Waals surface area (Å²) in [5.74, 6) is 0.402. The van der Waals surface area contributed by atoms with Gasteiger partial charge in [-0.2, -0.15) is 5.10 Å². The molecule has 0 radical (unpaired) electrons. The lowest BCUT2D eigenvalue weighted by Crippen LogP contribution is -2.28. The summed E-state index contributed by atoms with van der Waals surface area (Å²) in [7, 11) is -2.95. The maximum absolute atomic E-state index is 11.4. The van der Waals surface area contributed by atoms with Crippen molar-refractivity contribution in [3.63, 3.8) is 0 Å². The third-order valence-electron chi connectivity index (χ3n) is 2.50. The standard InChI is InChI=1S/C8H11BrN2O3S/c9-8-7(12)4-10-11(8)6-2-1-3-15(13,14)5-6/h4,6,12H,1-3,5H2. The quantitative estimate of drug-likeness (QED) is 0.842. The number of hydrogen-bond acceptors (Lipinski definition) is 4. The molecule has 2 heterocycles. The molecule has 0 aliphatic carbocycles. The molecule has 84 valence electrons. The zero-order valence-corrected chi connectivity index (χ0v) is 10.3. The Hall–Kier alpha value is -0.560. The number of nitrogens with zero attached hydrogens (tertiary/aromatic N) is 2. The first-order valence-corrected chi connectivity index (χ1v) is 7.23. The molecule has 1 aromatic rings. The summed E-state index contributed by atoms with van der Waals surface area (Å²) < 4.78 is 24.8. The highest BCUT2D eigenvalue weighted by molar-refractivity contribution is 9.10. The largest absolute Gasteiger partial charge is 0.504 e. The molecular weight excluding hydrogens is 284 g/mol. The molecule has 15 heavy (non-hydrogen) atoms. The molecule has 0 aromatic carbocycles. The third kappa shape index (κ3) is 2.17. The third-order valence-corrected chi connectivity index (χ3v) is 5.07. The van der Waals surface area contributed by atoms with Crippen LogP contribution in [0.4, 0.5) is 0 Å². The van der Waals surface area contributed by atoms with Crippen LogP contribution in [0.15, 0.2) is 10.8 Å². The van der Waals surface area contributed by atoms with E-state index in [1.165, 1.54) is 10.9 Å². The summed E-state index contributed by atoms with van der Waals surface area (Å²) in [6.45, 7) is 0. The van der Waals surface area contributed by atoms with Crippen molar-refractivity contribution in [2.45, 2.75) is 18.9 Å². The normalized spacial score (nSPS) is 25.3. The zero-order chi connectivity index (χ0) is 11.1. The van der Waals surface area contributed by atoms with Crippen LogP contribution >= 0.6 is 15.9 Å². The first kappa shape index (κ1) is 10.9. The topological polar surface area (TPSA) is 72.2 Å². The molecule has 1 aromatic heterocycles. The minimum atomic E-state index is -2.95. The number of aromatic nitrogens is 2. The second kappa shape index (κ2) is 3.79. The van der Waals surface area contributed by atoms with Crippen LogP contribution in [-0.2, 0) is 9.84 Å². The van der Waals surface area contributed by atoms with Crippen molar-refractivity contribution in [3.05, 3.63) is 10.8 Å². The molecule has 0 saturated carbocycles. The SMILES string of the molecule is O=S1(=O)CCCC(n2ncc(O)c2Br)C1. The average Bonchev–Trinajstić information content (AvgIpc) is 2.46. The summed E-state index contributed by atoms with van der Waals surface area (Å²) in [6, 6.07) is -0.168. The van der Waals surface area contributed by atoms with Gasteiger partial charge in [-0.1, -0.05) is 0 Å². The predicted octanol–water partition coefficient (Wildman–Crippen LogP) is 1.10. The molecule has 1 aliphatic rings. The molecule has 1 fully saturated rings. The molecule has 2 rings (SSSR count). The smallest absolute Gasteiger partial charge is 0.168 e. The van der Waals surface area contributed by atoms with E-state index in [9.17, 15) is 13.5 Å². The molecular formula is C8H11BrN2O3S. The first-order valence-electron chi connectivity index (χ1n) is 4.62. The molecule has 7 heteroatoms. The Labute approximate surface area is 96.1 Å². The highest BCUT2D eigenvalue weighted by atomic mass is 79.9. The Kier molecular flexibility index (Phi) is 2.76. The highest BCUT2D eigenvalue weighted by Crippen LogP contribution is 2.30. The minimum Gasteiger partial charge on any atom is -0.504 e. The maximum atomic E-state index is 11.4. The summed E-state index contributed by atoms with van der Waals surface area (Å²) in [6.07, 6.45) is 2.74. The highest BCUT2D eigenvalue weighted by Gasteiger charge is 2.28. The van der Waals surface area contributed by atoms with E-state index >= 15 is 0 Å². The average molecular weight is 295 g/mol. The minimum absolute atomic E-state index is 0.0398. The fraction of sp³-hybridized carbons (Fsp3) is 0.625. The van der Waals surface area contributed by atoms with E-state index < -0.39 is 9.84 Å². The molecule has 0 bridgehead atoms. The number of rotatable bonds is 1. The van der Waals surface area contributed by atoms with Gasteiger partial charge in [0.25, 0.3) is 0 Å². The van der Waals surface area contributed by atoms with Crippen LogP contribution in [0.25, 0.3) is 0 Å². The van der Waals surface area contributed by atoms with Gasteiger partial charge in [0, 0.05) is 0 Å². The van der Waals surface area contributed by atoms with Gasteiger partial charge in [-0.25, -0.2) is 8.42 Å². The van der Waals surface area contributed by atoms with Gasteiger partial charge in [0.05, 0.1) is 23.7 Å². The van der Waals surface area contributed by atoms with E-state index in [0.717, 1.165) is 6.42 Å². The number of halogens is 1. The van der Waals surface area contributed by atoms with Crippen LogP contribution < -0.4 is 0 Å². The van der Waals surface area contributed by atoms with Crippen LogP contribution in [0.2, 0.25) is 0 Å². The lowest BCUT2D eigenvalue weighted by molar-refractivity contribution is 0.421. The summed E-state index contributed by atoms with van der Waals surface area (Å²) >= 11 is 3.18. The van der Waals surface area contributed by atoms with Crippen LogP contribution in [0, 0.1) is 0 Å². The molecule has 1 aliphatic heterocycles. The van der Waals surface area contributed by atoms with Crippen LogP contribution in [0.3, 0.4) is 0 Å². The van der Waals surface area contributed by atoms with E-state index in [0.29, 0.717) is 11.0 Å². The van der Waals surface area contributed by atoms with Crippen LogP contribution in [-0.4, -0.2) is 34.8 Å². The van der Waals surface area contributed by atoms with E-state index in [2.05, 4.69) is 21.0 Å². The van der Waals surface area contributed by atoms with Crippen molar-refractivity contribution in [1.29, 1.82) is 0 Å². The molecule has 0 spiro atoms. The van der Waals surface area contributed by atoms with Gasteiger partial charge in [0.1, 0.15) is 4.60 Å². The lowest BCUT2D eigenvalue weighted by Gasteiger charge is -2.22. The second-order valence-corrected chi connectivity index (χ2v) is 6.66. The van der Waals surface area contributed by atoms with Crippen molar-refractivity contribution in [3.8, 4) is 5.75 Å². The van der Waals surface area contributed by atoms with Crippen LogP contribution in [0.5, 0.6) is 5.75 Å². The predicted molar refractivity (Wildman–Crippen MR) is 58.5 cm³/mol. The second-order valence-electron chi connectivity index (χ2n) is 3.68. The Morgan fingerprint density at radius 1 is 1.60 bits per heavy atom. The van der Waals surface area contributed by atoms with Crippen LogP contribution in [0.1, 0.15) is 18.9 Å². The number of aromatic hydroxyl groups is 1. The van der Waals surface area contributed by atoms with Gasteiger partial charge in [-0.15, -0.1) is 0 Å². The molecule has 1 saturated heterocycles. The van der Waals surface area contributed by atoms with Crippen molar-refractivity contribution < 1.29 is 13.5 Å². The molecule has 1 N–H and O–H groups in total. The van der Waals surface area contributed by atoms with E-state index in [1.807, 2.05) is 0 Å². The van der Waals surface area contributed by atoms with Gasteiger partial charge >= 0.3 is 0 Å². The van der Waals surface area contributed by atoms with Crippen molar-refractivity contribution in [2.24, 2.45) is 0 Å². The zero-order valence-electron chi connectivity index (χ0n) is 7.93. The number of sulfone groups is 1. The van der Waals surface area contributed by atoms with Gasteiger partial charge in [-0.3, -0.25) is 4.68 Å². The monoisotopic (exact) mass is 294 g/mol. The maximum Gasteiger partial charge on any atom is 0.168 e.